The lowest BCUT2D eigenvalue weighted by Crippen LogP contribution is -2.40. The van der Waals surface area contributed by atoms with Gasteiger partial charge in [-0.25, -0.2) is 18.2 Å². The van der Waals surface area contributed by atoms with Crippen molar-refractivity contribution < 1.29 is 27.7 Å². The molecule has 1 unspecified atom stereocenters. The van der Waals surface area contributed by atoms with E-state index < -0.39 is 39.3 Å². The Hall–Kier alpha value is -4.12. The predicted octanol–water partition coefficient (Wildman–Crippen LogP) is 3.82. The molecule has 3 aromatic rings. The Bertz CT molecular complexity index is 1610. The van der Waals surface area contributed by atoms with Crippen LogP contribution in [0.3, 0.4) is 0 Å². The molecule has 2 heterocycles. The fraction of sp³-hybridized carbons (Fsp3) is 0.321. The van der Waals surface area contributed by atoms with Crippen LogP contribution in [0.4, 0.5) is 5.69 Å². The molecule has 202 valence electrons. The summed E-state index contributed by atoms with van der Waals surface area (Å²) in [4.78, 5) is 43.0. The van der Waals surface area contributed by atoms with E-state index in [0.717, 1.165) is 29.5 Å². The van der Waals surface area contributed by atoms with Gasteiger partial charge in [0.2, 0.25) is 0 Å². The number of aromatic nitrogens is 1. The number of nitrogens with zero attached hydrogens (tertiary/aromatic N) is 3. The van der Waals surface area contributed by atoms with Crippen LogP contribution in [0.2, 0.25) is 0 Å². The molecular formula is C28H27N3O7S. The second kappa shape index (κ2) is 10.6. The number of para-hydroxylation sites is 1. The molecule has 1 aromatic heterocycles. The number of likely N-dealkylation sites (N-methyl/N-ethyl adjacent to an activating group) is 1. The lowest BCUT2D eigenvalue weighted by molar-refractivity contribution is -0.384. The van der Waals surface area contributed by atoms with Crippen molar-refractivity contribution >= 4 is 50.0 Å². The first-order chi connectivity index (χ1) is 18.6. The Kier molecular flexibility index (Phi) is 7.17. The number of carbonyl (C=O) groups excluding carboxylic acids is 2. The standard InChI is InChI=1S/C28H27N3O7S/c1-30(21-13-14-39(36,37)17-21)25(32)16-38-28(33)26-22-6-2-3-8-24(22)29-27-19(5-4-7-23(26)27)15-18-9-11-20(12-10-18)31(34)35/h2-3,6,8-12,15,21H,4-5,7,13-14,16-17H2,1H3/b19-15-. The van der Waals surface area contributed by atoms with Crippen molar-refractivity contribution in [2.45, 2.75) is 31.7 Å². The number of allylic oxidation sites excluding steroid dienone is 1. The van der Waals surface area contributed by atoms with Crippen molar-refractivity contribution in [1.29, 1.82) is 0 Å². The van der Waals surface area contributed by atoms with Gasteiger partial charge in [0.1, 0.15) is 0 Å². The summed E-state index contributed by atoms with van der Waals surface area (Å²) in [6.07, 6.45) is 4.38. The van der Waals surface area contributed by atoms with Gasteiger partial charge < -0.3 is 9.64 Å². The van der Waals surface area contributed by atoms with E-state index in [2.05, 4.69) is 0 Å². The highest BCUT2D eigenvalue weighted by molar-refractivity contribution is 7.91. The van der Waals surface area contributed by atoms with Gasteiger partial charge in [-0.1, -0.05) is 18.2 Å². The minimum absolute atomic E-state index is 0.00472. The van der Waals surface area contributed by atoms with E-state index in [0.29, 0.717) is 35.0 Å². The van der Waals surface area contributed by atoms with Crippen molar-refractivity contribution in [2.24, 2.45) is 0 Å². The molecule has 1 saturated heterocycles. The Balaban J connectivity index is 1.44. The number of non-ortho nitro benzene ring substituents is 1. The van der Waals surface area contributed by atoms with Gasteiger partial charge in [-0.3, -0.25) is 14.9 Å². The second-order valence-corrected chi connectivity index (χ2v) is 12.1. The van der Waals surface area contributed by atoms with Crippen LogP contribution in [-0.4, -0.2) is 66.3 Å². The zero-order chi connectivity index (χ0) is 27.7. The summed E-state index contributed by atoms with van der Waals surface area (Å²) in [7, 11) is -1.63. The summed E-state index contributed by atoms with van der Waals surface area (Å²) >= 11 is 0. The number of carbonyl (C=O) groups is 2. The quantitative estimate of drug-likeness (QED) is 0.257. The number of benzene rings is 2. The normalized spacial score (nSPS) is 19.0. The van der Waals surface area contributed by atoms with E-state index in [9.17, 15) is 28.1 Å². The molecule has 1 aliphatic carbocycles. The molecule has 2 aromatic carbocycles. The van der Waals surface area contributed by atoms with Crippen LogP contribution < -0.4 is 0 Å². The van der Waals surface area contributed by atoms with Crippen molar-refractivity contribution in [1.82, 2.24) is 9.88 Å². The van der Waals surface area contributed by atoms with E-state index in [1.807, 2.05) is 24.3 Å². The number of esters is 1. The van der Waals surface area contributed by atoms with E-state index in [-0.39, 0.29) is 17.2 Å². The highest BCUT2D eigenvalue weighted by Crippen LogP contribution is 2.36. The third kappa shape index (κ3) is 5.53. The lowest BCUT2D eigenvalue weighted by Gasteiger charge is -2.24. The fourth-order valence-corrected chi connectivity index (χ4v) is 6.96. The smallest absolute Gasteiger partial charge is 0.339 e. The Morgan fingerprint density at radius 1 is 1.15 bits per heavy atom. The van der Waals surface area contributed by atoms with Crippen LogP contribution in [0.25, 0.3) is 22.6 Å². The van der Waals surface area contributed by atoms with Gasteiger partial charge in [-0.05, 0) is 66.7 Å². The lowest BCUT2D eigenvalue weighted by atomic mass is 9.86. The van der Waals surface area contributed by atoms with Crippen LogP contribution in [0, 0.1) is 10.1 Å². The number of hydrogen-bond donors (Lipinski definition) is 0. The molecule has 0 bridgehead atoms. The van der Waals surface area contributed by atoms with Crippen molar-refractivity contribution in [3.63, 3.8) is 0 Å². The molecule has 39 heavy (non-hydrogen) atoms. The summed E-state index contributed by atoms with van der Waals surface area (Å²) in [6, 6.07) is 13.1. The number of fused-ring (bicyclic) bond motifs is 2. The first kappa shape index (κ1) is 26.5. The first-order valence-electron chi connectivity index (χ1n) is 12.6. The van der Waals surface area contributed by atoms with Gasteiger partial charge in [-0.15, -0.1) is 0 Å². The number of ether oxygens (including phenoxy) is 1. The molecule has 0 N–H and O–H groups in total. The summed E-state index contributed by atoms with van der Waals surface area (Å²) in [5, 5.41) is 11.6. The number of hydrogen-bond acceptors (Lipinski definition) is 8. The zero-order valence-electron chi connectivity index (χ0n) is 21.3. The molecule has 11 heteroatoms. The number of pyridine rings is 1. The molecule has 0 saturated carbocycles. The fourth-order valence-electron chi connectivity index (χ4n) is 5.19. The van der Waals surface area contributed by atoms with Crippen molar-refractivity contribution in [3.8, 4) is 0 Å². The predicted molar refractivity (Wildman–Crippen MR) is 146 cm³/mol. The van der Waals surface area contributed by atoms with Gasteiger partial charge in [-0.2, -0.15) is 0 Å². The molecule has 0 radical (unpaired) electrons. The largest absolute Gasteiger partial charge is 0.452 e. The van der Waals surface area contributed by atoms with Crippen LogP contribution >= 0.6 is 0 Å². The number of nitro groups is 1. The molecular weight excluding hydrogens is 522 g/mol. The van der Waals surface area contributed by atoms with Gasteiger partial charge in [0.25, 0.3) is 11.6 Å². The zero-order valence-corrected chi connectivity index (χ0v) is 22.1. The number of rotatable bonds is 6. The molecule has 0 spiro atoms. The topological polar surface area (TPSA) is 137 Å². The average molecular weight is 550 g/mol. The monoisotopic (exact) mass is 549 g/mol. The highest BCUT2D eigenvalue weighted by atomic mass is 32.2. The van der Waals surface area contributed by atoms with Crippen LogP contribution in [0.15, 0.2) is 48.5 Å². The molecule has 1 amide bonds. The maximum Gasteiger partial charge on any atom is 0.339 e. The van der Waals surface area contributed by atoms with Gasteiger partial charge >= 0.3 is 5.97 Å². The number of nitro benzene ring substituents is 1. The number of sulfone groups is 1. The first-order valence-corrected chi connectivity index (χ1v) is 14.5. The molecule has 2 aliphatic rings. The SMILES string of the molecule is CN(C(=O)COC(=O)c1c2c(nc3ccccc13)/C(=C\c1ccc([N+](=O)[O-])cc1)CCC2)C1CCS(=O)(=O)C1. The van der Waals surface area contributed by atoms with E-state index in [1.54, 1.807) is 18.2 Å². The van der Waals surface area contributed by atoms with Crippen LogP contribution in [0.5, 0.6) is 0 Å². The van der Waals surface area contributed by atoms with Crippen LogP contribution in [0.1, 0.15) is 46.4 Å². The van der Waals surface area contributed by atoms with Gasteiger partial charge in [0, 0.05) is 30.6 Å². The average Bonchev–Trinajstić information content (AvgIpc) is 3.29. The summed E-state index contributed by atoms with van der Waals surface area (Å²) in [6.45, 7) is -0.497. The summed E-state index contributed by atoms with van der Waals surface area (Å²) in [5.41, 5.74) is 4.08. The number of amides is 1. The van der Waals surface area contributed by atoms with Gasteiger partial charge in [0.05, 0.1) is 33.2 Å². The molecule has 1 fully saturated rings. The van der Waals surface area contributed by atoms with Gasteiger partial charge in [0.15, 0.2) is 16.4 Å². The Morgan fingerprint density at radius 3 is 2.59 bits per heavy atom. The van der Waals surface area contributed by atoms with Crippen LogP contribution in [-0.2, 0) is 25.8 Å². The second-order valence-electron chi connectivity index (χ2n) is 9.84. The highest BCUT2D eigenvalue weighted by Gasteiger charge is 2.33. The van der Waals surface area contributed by atoms with E-state index in [4.69, 9.17) is 9.72 Å². The van der Waals surface area contributed by atoms with Crippen molar-refractivity contribution in [2.75, 3.05) is 25.2 Å². The maximum absolute atomic E-state index is 13.4. The van der Waals surface area contributed by atoms with E-state index in [1.165, 1.54) is 24.1 Å². The molecule has 1 atom stereocenters. The Morgan fingerprint density at radius 2 is 1.90 bits per heavy atom. The third-order valence-corrected chi connectivity index (χ3v) is 9.05. The third-order valence-electron chi connectivity index (χ3n) is 7.30. The maximum atomic E-state index is 13.4. The molecule has 10 nitrogen and oxygen atoms in total. The van der Waals surface area contributed by atoms with E-state index >= 15 is 0 Å². The Labute approximate surface area is 225 Å². The summed E-state index contributed by atoms with van der Waals surface area (Å²) < 4.78 is 29.1. The molecule has 5 rings (SSSR count). The summed E-state index contributed by atoms with van der Waals surface area (Å²) in [5.74, 6) is -1.14. The minimum atomic E-state index is -3.16. The molecule has 1 aliphatic heterocycles. The van der Waals surface area contributed by atoms with Crippen molar-refractivity contribution in [3.05, 3.63) is 81.0 Å². The minimum Gasteiger partial charge on any atom is -0.452 e.